The normalized spacial score (nSPS) is 11.6. The number of benzene rings is 1. The number of para-hydroxylation sites is 1. The number of aliphatic imine (C=N–C) groups is 1. The average Bonchev–Trinajstić information content (AvgIpc) is 2.63. The number of nitrogens with zero attached hydrogens (tertiary/aromatic N) is 2. The van der Waals surface area contributed by atoms with Gasteiger partial charge in [0.2, 0.25) is 0 Å². The Kier molecular flexibility index (Phi) is 11.6. The summed E-state index contributed by atoms with van der Waals surface area (Å²) in [7, 11) is 1.81. The first kappa shape index (κ1) is 20.3. The van der Waals surface area contributed by atoms with Crippen LogP contribution in [0.3, 0.4) is 0 Å². The lowest BCUT2D eigenvalue weighted by Gasteiger charge is -2.18. The highest BCUT2D eigenvalue weighted by Gasteiger charge is 2.00. The van der Waals surface area contributed by atoms with E-state index in [4.69, 9.17) is 4.74 Å². The molecule has 2 N–H and O–H groups in total. The van der Waals surface area contributed by atoms with Crippen molar-refractivity contribution >= 4 is 5.96 Å². The Morgan fingerprint density at radius 1 is 1.00 bits per heavy atom. The number of hydrogen-bond acceptors (Lipinski definition) is 3. The summed E-state index contributed by atoms with van der Waals surface area (Å²) in [5.41, 5.74) is 0. The number of guanidine groups is 1. The molecule has 0 spiro atoms. The Bertz CT molecular complexity index is 432. The van der Waals surface area contributed by atoms with Crippen molar-refractivity contribution in [2.75, 3.05) is 46.4 Å². The van der Waals surface area contributed by atoms with Crippen molar-refractivity contribution < 1.29 is 4.74 Å². The van der Waals surface area contributed by atoms with Gasteiger partial charge < -0.3 is 20.3 Å². The maximum absolute atomic E-state index is 5.67. The van der Waals surface area contributed by atoms with E-state index in [2.05, 4.69) is 34.4 Å². The second-order valence-corrected chi connectivity index (χ2v) is 5.67. The third-order valence-electron chi connectivity index (χ3n) is 3.94. The molecule has 0 unspecified atom stereocenters. The summed E-state index contributed by atoms with van der Waals surface area (Å²) >= 11 is 0. The van der Waals surface area contributed by atoms with Crippen molar-refractivity contribution in [3.8, 4) is 5.75 Å². The number of rotatable bonds is 12. The second kappa shape index (κ2) is 13.7. The minimum atomic E-state index is 0.706. The van der Waals surface area contributed by atoms with E-state index >= 15 is 0 Å². The van der Waals surface area contributed by atoms with E-state index in [0.717, 1.165) is 50.7 Å². The minimum Gasteiger partial charge on any atom is -0.494 e. The average molecular weight is 335 g/mol. The van der Waals surface area contributed by atoms with Crippen molar-refractivity contribution in [2.45, 2.75) is 33.1 Å². The van der Waals surface area contributed by atoms with Crippen molar-refractivity contribution in [3.05, 3.63) is 30.3 Å². The van der Waals surface area contributed by atoms with Crippen molar-refractivity contribution in [3.63, 3.8) is 0 Å². The maximum atomic E-state index is 5.67. The van der Waals surface area contributed by atoms with Gasteiger partial charge in [0.1, 0.15) is 5.75 Å². The van der Waals surface area contributed by atoms with Crippen LogP contribution in [0.1, 0.15) is 33.1 Å². The molecule has 0 aliphatic heterocycles. The third kappa shape index (κ3) is 9.40. The molecule has 0 saturated heterocycles. The largest absolute Gasteiger partial charge is 0.494 e. The molecule has 0 radical (unpaired) electrons. The Labute approximate surface area is 147 Å². The summed E-state index contributed by atoms with van der Waals surface area (Å²) < 4.78 is 5.67. The van der Waals surface area contributed by atoms with Crippen molar-refractivity contribution in [1.82, 2.24) is 15.5 Å². The molecule has 0 aliphatic rings. The fraction of sp³-hybridized carbons (Fsp3) is 0.632. The quantitative estimate of drug-likeness (QED) is 0.351. The molecule has 1 aromatic rings. The summed E-state index contributed by atoms with van der Waals surface area (Å²) in [5.74, 6) is 1.80. The highest BCUT2D eigenvalue weighted by molar-refractivity contribution is 5.79. The van der Waals surface area contributed by atoms with Gasteiger partial charge in [0, 0.05) is 20.1 Å². The molecule has 1 aromatic carbocycles. The van der Waals surface area contributed by atoms with E-state index in [9.17, 15) is 0 Å². The van der Waals surface area contributed by atoms with Gasteiger partial charge in [0.05, 0.1) is 6.61 Å². The molecule has 0 aliphatic carbocycles. The maximum Gasteiger partial charge on any atom is 0.190 e. The van der Waals surface area contributed by atoms with Crippen LogP contribution >= 0.6 is 0 Å². The molecular weight excluding hydrogens is 300 g/mol. The minimum absolute atomic E-state index is 0.706. The fourth-order valence-corrected chi connectivity index (χ4v) is 2.41. The molecule has 0 saturated carbocycles. The predicted octanol–water partition coefficient (Wildman–Crippen LogP) is 2.74. The van der Waals surface area contributed by atoms with Gasteiger partial charge in [-0.25, -0.2) is 0 Å². The molecule has 5 nitrogen and oxygen atoms in total. The van der Waals surface area contributed by atoms with Gasteiger partial charge in [-0.05, 0) is 51.0 Å². The highest BCUT2D eigenvalue weighted by atomic mass is 16.5. The topological polar surface area (TPSA) is 48.9 Å². The lowest BCUT2D eigenvalue weighted by Crippen LogP contribution is -2.38. The van der Waals surface area contributed by atoms with Crippen LogP contribution in [-0.2, 0) is 0 Å². The Morgan fingerprint density at radius 3 is 2.29 bits per heavy atom. The van der Waals surface area contributed by atoms with E-state index in [1.165, 1.54) is 13.0 Å². The van der Waals surface area contributed by atoms with Crippen LogP contribution in [-0.4, -0.2) is 57.2 Å². The summed E-state index contributed by atoms with van der Waals surface area (Å²) in [6.07, 6.45) is 3.32. The van der Waals surface area contributed by atoms with Gasteiger partial charge in [0.25, 0.3) is 0 Å². The first-order valence-electron chi connectivity index (χ1n) is 9.14. The van der Waals surface area contributed by atoms with Gasteiger partial charge in [-0.15, -0.1) is 0 Å². The second-order valence-electron chi connectivity index (χ2n) is 5.67. The van der Waals surface area contributed by atoms with E-state index in [0.29, 0.717) is 6.61 Å². The van der Waals surface area contributed by atoms with Crippen molar-refractivity contribution in [2.24, 2.45) is 4.99 Å². The monoisotopic (exact) mass is 334 g/mol. The number of nitrogens with one attached hydrogen (secondary N) is 2. The number of hydrogen-bond donors (Lipinski definition) is 2. The summed E-state index contributed by atoms with van der Waals surface area (Å²) in [4.78, 5) is 6.71. The molecule has 0 fully saturated rings. The van der Waals surface area contributed by atoms with E-state index < -0.39 is 0 Å². The Balaban J connectivity index is 2.02. The molecule has 5 heteroatoms. The molecule has 24 heavy (non-hydrogen) atoms. The van der Waals surface area contributed by atoms with Gasteiger partial charge in [0.15, 0.2) is 5.96 Å². The zero-order valence-corrected chi connectivity index (χ0v) is 15.6. The predicted molar refractivity (Wildman–Crippen MR) is 103 cm³/mol. The zero-order valence-electron chi connectivity index (χ0n) is 15.6. The lowest BCUT2D eigenvalue weighted by molar-refractivity contribution is 0.297. The Morgan fingerprint density at radius 2 is 1.67 bits per heavy atom. The summed E-state index contributed by atoms with van der Waals surface area (Å²) in [5, 5.41) is 6.69. The van der Waals surface area contributed by atoms with Crippen LogP contribution in [0.5, 0.6) is 5.75 Å². The van der Waals surface area contributed by atoms with E-state index in [1.807, 2.05) is 37.4 Å². The molecule has 0 atom stereocenters. The first-order chi connectivity index (χ1) is 11.8. The smallest absolute Gasteiger partial charge is 0.190 e. The van der Waals surface area contributed by atoms with Gasteiger partial charge in [-0.1, -0.05) is 32.0 Å². The molecule has 1 rings (SSSR count). The molecule has 0 aromatic heterocycles. The first-order valence-corrected chi connectivity index (χ1v) is 9.14. The SMILES string of the molecule is CCN(CC)CCCCNC(=NC)NCCCOc1ccccc1. The van der Waals surface area contributed by atoms with Crippen LogP contribution in [0.25, 0.3) is 0 Å². The summed E-state index contributed by atoms with van der Waals surface area (Å²) in [6.45, 7) is 10.4. The van der Waals surface area contributed by atoms with Crippen molar-refractivity contribution in [1.29, 1.82) is 0 Å². The fourth-order valence-electron chi connectivity index (χ4n) is 2.41. The standard InChI is InChI=1S/C19H34N4O/c1-4-23(5-2)16-10-9-14-21-19(20-3)22-15-11-17-24-18-12-7-6-8-13-18/h6-8,12-13H,4-5,9-11,14-17H2,1-3H3,(H2,20,21,22). The van der Waals surface area contributed by atoms with Crippen LogP contribution in [0.15, 0.2) is 35.3 Å². The number of ether oxygens (including phenoxy) is 1. The Hall–Kier alpha value is -1.75. The summed E-state index contributed by atoms with van der Waals surface area (Å²) in [6, 6.07) is 9.92. The molecule has 0 bridgehead atoms. The lowest BCUT2D eigenvalue weighted by atomic mass is 10.3. The number of unbranched alkanes of at least 4 members (excludes halogenated alkanes) is 1. The third-order valence-corrected chi connectivity index (χ3v) is 3.94. The van der Waals surface area contributed by atoms with Gasteiger partial charge >= 0.3 is 0 Å². The van der Waals surface area contributed by atoms with Crippen LogP contribution in [0, 0.1) is 0 Å². The molecule has 0 heterocycles. The van der Waals surface area contributed by atoms with E-state index in [1.54, 1.807) is 0 Å². The van der Waals surface area contributed by atoms with Crippen LogP contribution < -0.4 is 15.4 Å². The van der Waals surface area contributed by atoms with Gasteiger partial charge in [-0.3, -0.25) is 4.99 Å². The van der Waals surface area contributed by atoms with Gasteiger partial charge in [-0.2, -0.15) is 0 Å². The molecule has 0 amide bonds. The molecular formula is C19H34N4O. The van der Waals surface area contributed by atoms with Crippen LogP contribution in [0.4, 0.5) is 0 Å². The van der Waals surface area contributed by atoms with E-state index in [-0.39, 0.29) is 0 Å². The van der Waals surface area contributed by atoms with Crippen LogP contribution in [0.2, 0.25) is 0 Å². The zero-order chi connectivity index (χ0) is 17.5. The highest BCUT2D eigenvalue weighted by Crippen LogP contribution is 2.07. The molecule has 136 valence electrons.